The third kappa shape index (κ3) is 4.74. The molecule has 0 aliphatic rings. The predicted octanol–water partition coefficient (Wildman–Crippen LogP) is 6.02. The maximum Gasteiger partial charge on any atom is 0.271 e. The van der Waals surface area contributed by atoms with Crippen molar-refractivity contribution in [2.75, 3.05) is 0 Å². The normalized spacial score (nSPS) is 11.2. The number of aryl methyl sites for hydroxylation is 3. The Morgan fingerprint density at radius 2 is 1.47 bits per heavy atom. The molecular weight excluding hydrogens is 446 g/mol. The number of nitrogens with one attached hydrogen (secondary N) is 1. The van der Waals surface area contributed by atoms with Crippen LogP contribution in [0.25, 0.3) is 22.6 Å². The SMILES string of the molecule is Cc1ccc(-c2nn(-c3ccccc3)cc2/C=N\NC(=O)c2ccc(-n3c(C)ccc3C)cc2)cc1. The average Bonchev–Trinajstić information content (AvgIpc) is 3.48. The van der Waals surface area contributed by atoms with Crippen LogP contribution in [-0.2, 0) is 0 Å². The van der Waals surface area contributed by atoms with E-state index >= 15 is 0 Å². The first kappa shape index (κ1) is 23.1. The molecule has 2 heterocycles. The van der Waals surface area contributed by atoms with Crippen LogP contribution in [0, 0.1) is 20.8 Å². The molecule has 5 aromatic rings. The Balaban J connectivity index is 1.37. The summed E-state index contributed by atoms with van der Waals surface area (Å²) >= 11 is 0. The number of carbonyl (C=O) groups excluding carboxylic acids is 1. The standard InChI is InChI=1S/C30H27N5O/c1-21-9-13-24(14-10-21)29-26(20-34(33-29)27-7-5-4-6-8-27)19-31-32-30(36)25-15-17-28(18-16-25)35-22(2)11-12-23(35)3/h4-20H,1-3H3,(H,32,36)/b31-19-. The molecule has 0 saturated carbocycles. The van der Waals surface area contributed by atoms with Crippen molar-refractivity contribution in [1.82, 2.24) is 19.8 Å². The second-order valence-corrected chi connectivity index (χ2v) is 8.78. The van der Waals surface area contributed by atoms with Crippen LogP contribution in [0.5, 0.6) is 0 Å². The molecule has 6 nitrogen and oxygen atoms in total. The van der Waals surface area contributed by atoms with E-state index in [9.17, 15) is 4.79 Å². The summed E-state index contributed by atoms with van der Waals surface area (Å²) in [5, 5.41) is 9.04. The van der Waals surface area contributed by atoms with E-state index in [1.54, 1.807) is 6.21 Å². The molecule has 2 aromatic heterocycles. The fraction of sp³-hybridized carbons (Fsp3) is 0.100. The molecule has 0 aliphatic carbocycles. The number of rotatable bonds is 6. The van der Waals surface area contributed by atoms with Gasteiger partial charge in [0.2, 0.25) is 0 Å². The second kappa shape index (κ2) is 9.88. The lowest BCUT2D eigenvalue weighted by Crippen LogP contribution is -2.17. The first-order chi connectivity index (χ1) is 17.5. The highest BCUT2D eigenvalue weighted by molar-refractivity contribution is 5.95. The minimum atomic E-state index is -0.272. The largest absolute Gasteiger partial charge is 0.319 e. The van der Waals surface area contributed by atoms with Crippen molar-refractivity contribution in [2.45, 2.75) is 20.8 Å². The van der Waals surface area contributed by atoms with Crippen LogP contribution in [0.4, 0.5) is 0 Å². The van der Waals surface area contributed by atoms with E-state index in [0.717, 1.165) is 39.6 Å². The van der Waals surface area contributed by atoms with E-state index in [0.29, 0.717) is 5.56 Å². The zero-order valence-electron chi connectivity index (χ0n) is 20.5. The van der Waals surface area contributed by atoms with Crippen LogP contribution in [0.15, 0.2) is 102 Å². The first-order valence-electron chi connectivity index (χ1n) is 11.8. The Hall–Kier alpha value is -4.71. The van der Waals surface area contributed by atoms with Crippen LogP contribution in [0.1, 0.15) is 32.9 Å². The molecule has 0 saturated heterocycles. The number of para-hydroxylation sites is 1. The van der Waals surface area contributed by atoms with Gasteiger partial charge in [0.1, 0.15) is 5.69 Å². The fourth-order valence-electron chi connectivity index (χ4n) is 4.19. The lowest BCUT2D eigenvalue weighted by molar-refractivity contribution is 0.0955. The van der Waals surface area contributed by atoms with E-state index in [-0.39, 0.29) is 5.91 Å². The highest BCUT2D eigenvalue weighted by Crippen LogP contribution is 2.23. The average molecular weight is 474 g/mol. The molecule has 178 valence electrons. The smallest absolute Gasteiger partial charge is 0.271 e. The maximum absolute atomic E-state index is 12.7. The van der Waals surface area contributed by atoms with Gasteiger partial charge >= 0.3 is 0 Å². The third-order valence-corrected chi connectivity index (χ3v) is 6.12. The number of amides is 1. The number of carbonyl (C=O) groups is 1. The minimum absolute atomic E-state index is 0.272. The number of hydrazone groups is 1. The molecular formula is C30H27N5O. The van der Waals surface area contributed by atoms with Crippen LogP contribution >= 0.6 is 0 Å². The van der Waals surface area contributed by atoms with Crippen molar-refractivity contribution in [3.63, 3.8) is 0 Å². The van der Waals surface area contributed by atoms with Crippen molar-refractivity contribution in [3.05, 3.63) is 125 Å². The molecule has 0 unspecified atom stereocenters. The summed E-state index contributed by atoms with van der Waals surface area (Å²) in [5.74, 6) is -0.272. The monoisotopic (exact) mass is 473 g/mol. The number of benzene rings is 3. The minimum Gasteiger partial charge on any atom is -0.319 e. The van der Waals surface area contributed by atoms with E-state index in [2.05, 4.69) is 60.1 Å². The molecule has 0 radical (unpaired) electrons. The summed E-state index contributed by atoms with van der Waals surface area (Å²) in [5.41, 5.74) is 11.2. The molecule has 0 aliphatic heterocycles. The van der Waals surface area contributed by atoms with Crippen LogP contribution in [0.2, 0.25) is 0 Å². The molecule has 0 bridgehead atoms. The van der Waals surface area contributed by atoms with Gasteiger partial charge in [-0.25, -0.2) is 10.1 Å². The summed E-state index contributed by atoms with van der Waals surface area (Å²) in [6, 6.07) is 29.8. The van der Waals surface area contributed by atoms with Crippen molar-refractivity contribution >= 4 is 12.1 Å². The van der Waals surface area contributed by atoms with Crippen molar-refractivity contribution in [1.29, 1.82) is 0 Å². The molecule has 36 heavy (non-hydrogen) atoms. The Bertz CT molecular complexity index is 1510. The Morgan fingerprint density at radius 3 is 2.14 bits per heavy atom. The van der Waals surface area contributed by atoms with Gasteiger partial charge < -0.3 is 4.57 Å². The Morgan fingerprint density at radius 1 is 0.806 bits per heavy atom. The van der Waals surface area contributed by atoms with Gasteiger partial charge in [-0.3, -0.25) is 4.79 Å². The third-order valence-electron chi connectivity index (χ3n) is 6.12. The highest BCUT2D eigenvalue weighted by Gasteiger charge is 2.12. The molecule has 5 rings (SSSR count). The quantitative estimate of drug-likeness (QED) is 0.242. The van der Waals surface area contributed by atoms with Gasteiger partial charge in [0, 0.05) is 40.0 Å². The lowest BCUT2D eigenvalue weighted by atomic mass is 10.1. The first-order valence-corrected chi connectivity index (χ1v) is 11.8. The predicted molar refractivity (Wildman–Crippen MR) is 144 cm³/mol. The molecule has 1 amide bonds. The number of nitrogens with zero attached hydrogens (tertiary/aromatic N) is 4. The van der Waals surface area contributed by atoms with Gasteiger partial charge in [0.05, 0.1) is 11.9 Å². The molecule has 0 fully saturated rings. The van der Waals surface area contributed by atoms with E-state index in [4.69, 9.17) is 5.10 Å². The fourth-order valence-corrected chi connectivity index (χ4v) is 4.19. The van der Waals surface area contributed by atoms with Gasteiger partial charge in [-0.1, -0.05) is 48.0 Å². The van der Waals surface area contributed by atoms with Crippen molar-refractivity contribution < 1.29 is 4.79 Å². The maximum atomic E-state index is 12.7. The number of hydrogen-bond donors (Lipinski definition) is 1. The van der Waals surface area contributed by atoms with E-state index in [1.165, 1.54) is 5.56 Å². The van der Waals surface area contributed by atoms with Crippen molar-refractivity contribution in [2.24, 2.45) is 5.10 Å². The van der Waals surface area contributed by atoms with E-state index in [1.807, 2.05) is 77.6 Å². The zero-order chi connectivity index (χ0) is 25.1. The number of hydrogen-bond acceptors (Lipinski definition) is 3. The molecule has 0 atom stereocenters. The van der Waals surface area contributed by atoms with Gasteiger partial charge in [-0.2, -0.15) is 10.2 Å². The van der Waals surface area contributed by atoms with Crippen LogP contribution in [-0.4, -0.2) is 26.5 Å². The summed E-state index contributed by atoms with van der Waals surface area (Å²) < 4.78 is 3.97. The second-order valence-electron chi connectivity index (χ2n) is 8.78. The summed E-state index contributed by atoms with van der Waals surface area (Å²) in [6.07, 6.45) is 3.55. The Labute approximate surface area is 210 Å². The molecule has 0 spiro atoms. The zero-order valence-corrected chi connectivity index (χ0v) is 20.5. The van der Waals surface area contributed by atoms with Gasteiger partial charge in [-0.15, -0.1) is 0 Å². The molecule has 3 aromatic carbocycles. The van der Waals surface area contributed by atoms with Crippen LogP contribution < -0.4 is 5.43 Å². The summed E-state index contributed by atoms with van der Waals surface area (Å²) in [7, 11) is 0. The lowest BCUT2D eigenvalue weighted by Gasteiger charge is -2.10. The summed E-state index contributed by atoms with van der Waals surface area (Å²) in [6.45, 7) is 6.18. The van der Waals surface area contributed by atoms with Crippen LogP contribution in [0.3, 0.4) is 0 Å². The van der Waals surface area contributed by atoms with Gasteiger partial charge in [0.15, 0.2) is 0 Å². The summed E-state index contributed by atoms with van der Waals surface area (Å²) in [4.78, 5) is 12.7. The Kier molecular flexibility index (Phi) is 6.33. The molecule has 1 N–H and O–H groups in total. The number of aromatic nitrogens is 3. The van der Waals surface area contributed by atoms with Gasteiger partial charge in [0.25, 0.3) is 5.91 Å². The topological polar surface area (TPSA) is 64.2 Å². The van der Waals surface area contributed by atoms with E-state index < -0.39 is 0 Å². The molecule has 6 heteroatoms. The van der Waals surface area contributed by atoms with Gasteiger partial charge in [-0.05, 0) is 69.3 Å². The van der Waals surface area contributed by atoms with Crippen molar-refractivity contribution in [3.8, 4) is 22.6 Å². The highest BCUT2D eigenvalue weighted by atomic mass is 16.2.